The molecule has 1 aromatic carbocycles. The standard InChI is InChI=1S/C16H13FN4O2/c1-10-2-7-15(23-10)13-8-14(20-19-13)16(22)21-18-9-11-3-5-12(17)6-4-11/h2-9H,1H3,(H,19,20)(H,21,22)/b18-9+. The molecular formula is C16H13FN4O2. The molecule has 2 heterocycles. The van der Waals surface area contributed by atoms with Crippen LogP contribution in [0.2, 0.25) is 0 Å². The molecule has 0 bridgehead atoms. The van der Waals surface area contributed by atoms with Crippen LogP contribution < -0.4 is 5.43 Å². The Bertz CT molecular complexity index is 849. The molecule has 0 atom stereocenters. The Balaban J connectivity index is 1.64. The Morgan fingerprint density at radius 3 is 2.78 bits per heavy atom. The van der Waals surface area contributed by atoms with Gasteiger partial charge in [0.25, 0.3) is 5.91 Å². The number of rotatable bonds is 4. The van der Waals surface area contributed by atoms with Gasteiger partial charge in [-0.2, -0.15) is 10.2 Å². The lowest BCUT2D eigenvalue weighted by atomic mass is 10.2. The van der Waals surface area contributed by atoms with E-state index in [4.69, 9.17) is 4.42 Å². The van der Waals surface area contributed by atoms with E-state index < -0.39 is 5.91 Å². The quantitative estimate of drug-likeness (QED) is 0.574. The van der Waals surface area contributed by atoms with Gasteiger partial charge >= 0.3 is 0 Å². The highest BCUT2D eigenvalue weighted by atomic mass is 19.1. The van der Waals surface area contributed by atoms with Crippen LogP contribution in [0.15, 0.2) is 52.0 Å². The SMILES string of the molecule is Cc1ccc(-c2cc(C(=O)N/N=C/c3ccc(F)cc3)n[nH]2)o1. The molecule has 0 fully saturated rings. The summed E-state index contributed by atoms with van der Waals surface area (Å²) in [7, 11) is 0. The van der Waals surface area contributed by atoms with Crippen molar-refractivity contribution in [3.8, 4) is 11.5 Å². The molecular weight excluding hydrogens is 299 g/mol. The normalized spacial score (nSPS) is 11.0. The molecule has 0 radical (unpaired) electrons. The molecule has 0 aliphatic heterocycles. The van der Waals surface area contributed by atoms with Crippen molar-refractivity contribution < 1.29 is 13.6 Å². The van der Waals surface area contributed by atoms with Crippen LogP contribution in [0.25, 0.3) is 11.5 Å². The second kappa shape index (κ2) is 6.27. The summed E-state index contributed by atoms with van der Waals surface area (Å²) in [6, 6.07) is 10.9. The molecule has 116 valence electrons. The van der Waals surface area contributed by atoms with Crippen molar-refractivity contribution in [3.63, 3.8) is 0 Å². The zero-order valence-electron chi connectivity index (χ0n) is 12.2. The predicted molar refractivity (Wildman–Crippen MR) is 82.5 cm³/mol. The Morgan fingerprint density at radius 2 is 2.09 bits per heavy atom. The van der Waals surface area contributed by atoms with Crippen LogP contribution in [0.5, 0.6) is 0 Å². The van der Waals surface area contributed by atoms with Gasteiger partial charge in [0.1, 0.15) is 17.3 Å². The van der Waals surface area contributed by atoms with Crippen LogP contribution >= 0.6 is 0 Å². The van der Waals surface area contributed by atoms with Crippen LogP contribution in [-0.4, -0.2) is 22.3 Å². The number of nitrogens with one attached hydrogen (secondary N) is 2. The second-order valence-corrected chi connectivity index (χ2v) is 4.83. The Labute approximate surface area is 131 Å². The summed E-state index contributed by atoms with van der Waals surface area (Å²) in [6.45, 7) is 1.83. The number of furan rings is 1. The van der Waals surface area contributed by atoms with E-state index in [1.807, 2.05) is 13.0 Å². The maximum atomic E-state index is 12.8. The van der Waals surface area contributed by atoms with E-state index in [1.165, 1.54) is 18.3 Å². The first-order chi connectivity index (χ1) is 11.1. The second-order valence-electron chi connectivity index (χ2n) is 4.83. The summed E-state index contributed by atoms with van der Waals surface area (Å²) in [5.74, 6) is 0.575. The lowest BCUT2D eigenvalue weighted by Gasteiger charge is -1.95. The van der Waals surface area contributed by atoms with Gasteiger partial charge in [0.2, 0.25) is 0 Å². The first kappa shape index (κ1) is 14.7. The monoisotopic (exact) mass is 312 g/mol. The maximum absolute atomic E-state index is 12.8. The third kappa shape index (κ3) is 3.52. The van der Waals surface area contributed by atoms with Gasteiger partial charge in [0, 0.05) is 6.07 Å². The number of hydrazone groups is 1. The molecule has 0 aliphatic rings. The fourth-order valence-corrected chi connectivity index (χ4v) is 1.92. The van der Waals surface area contributed by atoms with Crippen molar-refractivity contribution in [1.82, 2.24) is 15.6 Å². The van der Waals surface area contributed by atoms with Crippen LogP contribution in [0.3, 0.4) is 0 Å². The number of benzene rings is 1. The van der Waals surface area contributed by atoms with Crippen molar-refractivity contribution in [3.05, 3.63) is 65.3 Å². The van der Waals surface area contributed by atoms with Crippen LogP contribution in [0.1, 0.15) is 21.8 Å². The van der Waals surface area contributed by atoms with E-state index in [9.17, 15) is 9.18 Å². The molecule has 0 spiro atoms. The maximum Gasteiger partial charge on any atom is 0.291 e. The first-order valence-corrected chi connectivity index (χ1v) is 6.83. The van der Waals surface area contributed by atoms with Gasteiger partial charge in [0.15, 0.2) is 11.5 Å². The summed E-state index contributed by atoms with van der Waals surface area (Å²) in [4.78, 5) is 11.9. The summed E-state index contributed by atoms with van der Waals surface area (Å²) in [6.07, 6.45) is 1.42. The number of nitrogens with zero attached hydrogens (tertiary/aromatic N) is 2. The van der Waals surface area contributed by atoms with Crippen molar-refractivity contribution in [2.45, 2.75) is 6.92 Å². The largest absolute Gasteiger partial charge is 0.460 e. The van der Waals surface area contributed by atoms with Crippen molar-refractivity contribution >= 4 is 12.1 Å². The fourth-order valence-electron chi connectivity index (χ4n) is 1.92. The number of halogens is 1. The number of amides is 1. The zero-order chi connectivity index (χ0) is 16.2. The zero-order valence-corrected chi connectivity index (χ0v) is 12.2. The number of carbonyl (C=O) groups excluding carboxylic acids is 1. The lowest BCUT2D eigenvalue weighted by Crippen LogP contribution is -2.17. The molecule has 7 heteroatoms. The average molecular weight is 312 g/mol. The number of aromatic amines is 1. The van der Waals surface area contributed by atoms with Gasteiger partial charge in [-0.05, 0) is 36.8 Å². The topological polar surface area (TPSA) is 83.3 Å². The number of hydrogen-bond acceptors (Lipinski definition) is 4. The molecule has 3 aromatic rings. The summed E-state index contributed by atoms with van der Waals surface area (Å²) in [5.41, 5.74) is 3.81. The number of aromatic nitrogens is 2. The molecule has 0 saturated carbocycles. The minimum absolute atomic E-state index is 0.185. The van der Waals surface area contributed by atoms with Crippen molar-refractivity contribution in [2.75, 3.05) is 0 Å². The predicted octanol–water partition coefficient (Wildman–Crippen LogP) is 2.88. The van der Waals surface area contributed by atoms with E-state index in [-0.39, 0.29) is 11.5 Å². The van der Waals surface area contributed by atoms with E-state index >= 15 is 0 Å². The van der Waals surface area contributed by atoms with Crippen molar-refractivity contribution in [2.24, 2.45) is 5.10 Å². The third-order valence-electron chi connectivity index (χ3n) is 3.07. The molecule has 23 heavy (non-hydrogen) atoms. The molecule has 1 amide bonds. The molecule has 6 nitrogen and oxygen atoms in total. The Hall–Kier alpha value is -3.22. The third-order valence-corrected chi connectivity index (χ3v) is 3.07. The number of aryl methyl sites for hydroxylation is 1. The van der Waals surface area contributed by atoms with E-state index in [0.717, 1.165) is 5.76 Å². The smallest absolute Gasteiger partial charge is 0.291 e. The van der Waals surface area contributed by atoms with E-state index in [2.05, 4.69) is 20.7 Å². The Kier molecular flexibility index (Phi) is 4.01. The minimum Gasteiger partial charge on any atom is -0.460 e. The van der Waals surface area contributed by atoms with Gasteiger partial charge in [-0.25, -0.2) is 9.82 Å². The van der Waals surface area contributed by atoms with Crippen LogP contribution in [0, 0.1) is 12.7 Å². The fraction of sp³-hybridized carbons (Fsp3) is 0.0625. The highest BCUT2D eigenvalue weighted by molar-refractivity contribution is 5.93. The highest BCUT2D eigenvalue weighted by Gasteiger charge is 2.12. The van der Waals surface area contributed by atoms with Gasteiger partial charge in [0.05, 0.1) is 6.21 Å². The van der Waals surface area contributed by atoms with Gasteiger partial charge in [-0.3, -0.25) is 9.89 Å². The number of H-pyrrole nitrogens is 1. The van der Waals surface area contributed by atoms with E-state index in [1.54, 1.807) is 24.3 Å². The molecule has 0 saturated heterocycles. The molecule has 3 rings (SSSR count). The van der Waals surface area contributed by atoms with Crippen molar-refractivity contribution in [1.29, 1.82) is 0 Å². The van der Waals surface area contributed by atoms with Gasteiger partial charge < -0.3 is 4.42 Å². The summed E-state index contributed by atoms with van der Waals surface area (Å²) in [5, 5.41) is 10.5. The summed E-state index contributed by atoms with van der Waals surface area (Å²) < 4.78 is 18.2. The van der Waals surface area contributed by atoms with Gasteiger partial charge in [-0.15, -0.1) is 0 Å². The van der Waals surface area contributed by atoms with Crippen LogP contribution in [0.4, 0.5) is 4.39 Å². The summed E-state index contributed by atoms with van der Waals surface area (Å²) >= 11 is 0. The lowest BCUT2D eigenvalue weighted by molar-refractivity contribution is 0.0950. The first-order valence-electron chi connectivity index (χ1n) is 6.83. The van der Waals surface area contributed by atoms with Crippen LogP contribution in [-0.2, 0) is 0 Å². The number of hydrogen-bond donors (Lipinski definition) is 2. The molecule has 0 unspecified atom stereocenters. The Morgan fingerprint density at radius 1 is 1.30 bits per heavy atom. The molecule has 2 N–H and O–H groups in total. The number of carbonyl (C=O) groups is 1. The van der Waals surface area contributed by atoms with Gasteiger partial charge in [-0.1, -0.05) is 12.1 Å². The average Bonchev–Trinajstić information content (AvgIpc) is 3.18. The minimum atomic E-state index is -0.464. The van der Waals surface area contributed by atoms with E-state index in [0.29, 0.717) is 17.0 Å². The molecule has 0 aliphatic carbocycles. The molecule has 2 aromatic heterocycles. The highest BCUT2D eigenvalue weighted by Crippen LogP contribution is 2.20.